The highest BCUT2D eigenvalue weighted by Gasteiger charge is 2.34. The first-order valence-corrected chi connectivity index (χ1v) is 9.38. The van der Waals surface area contributed by atoms with Crippen molar-refractivity contribution >= 4 is 17.2 Å². The number of hydrogen-bond donors (Lipinski definition) is 1. The highest BCUT2D eigenvalue weighted by atomic mass is 19.4. The molecule has 156 valence electrons. The van der Waals surface area contributed by atoms with Crippen LogP contribution in [0.15, 0.2) is 16.5 Å². The van der Waals surface area contributed by atoms with E-state index in [2.05, 4.69) is 20.1 Å². The Kier molecular flexibility index (Phi) is 4.93. The van der Waals surface area contributed by atoms with Gasteiger partial charge in [0.15, 0.2) is 11.4 Å². The molecule has 8 nitrogen and oxygen atoms in total. The Morgan fingerprint density at radius 2 is 1.93 bits per heavy atom. The van der Waals surface area contributed by atoms with Crippen molar-refractivity contribution in [1.82, 2.24) is 24.7 Å². The summed E-state index contributed by atoms with van der Waals surface area (Å²) >= 11 is 0. The van der Waals surface area contributed by atoms with Crippen molar-refractivity contribution in [2.75, 3.05) is 18.0 Å². The molecule has 0 saturated carbocycles. The maximum absolute atomic E-state index is 12.9. The molecule has 29 heavy (non-hydrogen) atoms. The molecule has 1 aliphatic heterocycles. The molecule has 0 bridgehead atoms. The first kappa shape index (κ1) is 19.6. The van der Waals surface area contributed by atoms with Crippen LogP contribution in [0.1, 0.15) is 49.1 Å². The molecule has 1 aliphatic rings. The first-order valence-electron chi connectivity index (χ1n) is 9.38. The van der Waals surface area contributed by atoms with Crippen LogP contribution < -0.4 is 4.90 Å². The molecule has 4 rings (SSSR count). The predicted molar refractivity (Wildman–Crippen MR) is 97.4 cm³/mol. The topological polar surface area (TPSA) is 93.1 Å². The van der Waals surface area contributed by atoms with E-state index >= 15 is 0 Å². The number of aliphatic hydroxyl groups excluding tert-OH is 1. The molecule has 1 fully saturated rings. The summed E-state index contributed by atoms with van der Waals surface area (Å²) in [6, 6.07) is 4.12. The van der Waals surface area contributed by atoms with Gasteiger partial charge >= 0.3 is 6.18 Å². The largest absolute Gasteiger partial charge is 0.422 e. The second-order valence-corrected chi connectivity index (χ2v) is 7.31. The van der Waals surface area contributed by atoms with Crippen LogP contribution in [0.25, 0.3) is 11.2 Å². The third kappa shape index (κ3) is 4.19. The summed E-state index contributed by atoms with van der Waals surface area (Å²) in [6.45, 7) is 3.19. The SMILES string of the molecule is Cc1ccc2oc(N3CCC(c4nc(C(C)O)nn4CC(F)(F)F)CC3)nc2n1. The Morgan fingerprint density at radius 1 is 1.21 bits per heavy atom. The molecule has 0 amide bonds. The lowest BCUT2D eigenvalue weighted by atomic mass is 9.96. The van der Waals surface area contributed by atoms with E-state index in [4.69, 9.17) is 4.42 Å². The third-order valence-corrected chi connectivity index (χ3v) is 4.93. The average Bonchev–Trinajstić information content (AvgIpc) is 3.24. The van der Waals surface area contributed by atoms with Gasteiger partial charge in [0.05, 0.1) is 0 Å². The Labute approximate surface area is 164 Å². The van der Waals surface area contributed by atoms with E-state index < -0.39 is 18.8 Å². The number of aryl methyl sites for hydroxylation is 1. The van der Waals surface area contributed by atoms with Gasteiger partial charge in [0.25, 0.3) is 6.01 Å². The van der Waals surface area contributed by atoms with Crippen LogP contribution in [-0.4, -0.2) is 49.1 Å². The maximum Gasteiger partial charge on any atom is 0.408 e. The number of anilines is 1. The monoisotopic (exact) mass is 410 g/mol. The number of alkyl halides is 3. The van der Waals surface area contributed by atoms with Gasteiger partial charge in [-0.05, 0) is 38.8 Å². The number of nitrogens with zero attached hydrogens (tertiary/aromatic N) is 6. The molecule has 1 unspecified atom stereocenters. The van der Waals surface area contributed by atoms with Gasteiger partial charge in [0.1, 0.15) is 18.5 Å². The normalized spacial score (nSPS) is 17.2. The Bertz CT molecular complexity index is 1000. The van der Waals surface area contributed by atoms with E-state index in [1.807, 2.05) is 24.0 Å². The molecule has 3 aromatic heterocycles. The molecule has 3 aromatic rings. The van der Waals surface area contributed by atoms with Crippen LogP contribution in [0, 0.1) is 6.92 Å². The zero-order valence-corrected chi connectivity index (χ0v) is 16.0. The van der Waals surface area contributed by atoms with E-state index in [9.17, 15) is 18.3 Å². The predicted octanol–water partition coefficient (Wildman–Crippen LogP) is 3.12. The van der Waals surface area contributed by atoms with Crippen molar-refractivity contribution in [3.05, 3.63) is 29.5 Å². The summed E-state index contributed by atoms with van der Waals surface area (Å²) in [5.74, 6) is 0.0677. The Hall–Kier alpha value is -2.69. The lowest BCUT2D eigenvalue weighted by molar-refractivity contribution is -0.143. The van der Waals surface area contributed by atoms with Gasteiger partial charge in [-0.2, -0.15) is 23.3 Å². The fraction of sp³-hybridized carbons (Fsp3) is 0.556. The summed E-state index contributed by atoms with van der Waals surface area (Å²) < 4.78 is 45.4. The van der Waals surface area contributed by atoms with Crippen LogP contribution in [0.5, 0.6) is 0 Å². The smallest absolute Gasteiger partial charge is 0.408 e. The van der Waals surface area contributed by atoms with Gasteiger partial charge in [-0.1, -0.05) is 0 Å². The number of piperidine rings is 1. The van der Waals surface area contributed by atoms with E-state index in [1.54, 1.807) is 0 Å². The minimum atomic E-state index is -4.41. The van der Waals surface area contributed by atoms with Gasteiger partial charge in [0.2, 0.25) is 5.65 Å². The minimum Gasteiger partial charge on any atom is -0.422 e. The van der Waals surface area contributed by atoms with Gasteiger partial charge in [-0.15, -0.1) is 0 Å². The molecule has 1 saturated heterocycles. The maximum atomic E-state index is 12.9. The molecule has 1 N–H and O–H groups in total. The van der Waals surface area contributed by atoms with E-state index in [1.165, 1.54) is 6.92 Å². The van der Waals surface area contributed by atoms with Crippen LogP contribution in [0.4, 0.5) is 19.2 Å². The molecule has 0 aliphatic carbocycles. The number of halogens is 3. The summed E-state index contributed by atoms with van der Waals surface area (Å²) in [7, 11) is 0. The second kappa shape index (κ2) is 7.29. The number of aliphatic hydroxyl groups is 1. The van der Waals surface area contributed by atoms with Gasteiger partial charge in [0, 0.05) is 24.7 Å². The quantitative estimate of drug-likeness (QED) is 0.706. The van der Waals surface area contributed by atoms with Crippen LogP contribution in [0.2, 0.25) is 0 Å². The summed E-state index contributed by atoms with van der Waals surface area (Å²) in [4.78, 5) is 14.9. The number of pyridine rings is 1. The van der Waals surface area contributed by atoms with Crippen LogP contribution >= 0.6 is 0 Å². The standard InChI is InChI=1S/C18H21F3N6O2/c1-10-3-4-13-15(22-10)24-17(29-13)26-7-5-12(6-8-26)16-23-14(11(2)28)25-27(16)9-18(19,20)21/h3-4,11-12,28H,5-9H2,1-2H3. The van der Waals surface area contributed by atoms with Crippen molar-refractivity contribution in [3.8, 4) is 0 Å². The summed E-state index contributed by atoms with van der Waals surface area (Å²) in [5, 5.41) is 13.6. The van der Waals surface area contributed by atoms with Crippen molar-refractivity contribution in [2.24, 2.45) is 0 Å². The first-order chi connectivity index (χ1) is 13.7. The summed E-state index contributed by atoms with van der Waals surface area (Å²) in [6.07, 6.45) is -4.30. The number of aromatic nitrogens is 5. The average molecular weight is 410 g/mol. The molecule has 4 heterocycles. The fourth-order valence-electron chi connectivity index (χ4n) is 3.50. The number of rotatable bonds is 4. The van der Waals surface area contributed by atoms with Crippen molar-refractivity contribution < 1.29 is 22.7 Å². The lowest BCUT2D eigenvalue weighted by Crippen LogP contribution is -2.34. The number of hydrogen-bond acceptors (Lipinski definition) is 7. The number of fused-ring (bicyclic) bond motifs is 1. The van der Waals surface area contributed by atoms with Gasteiger partial charge in [-0.3, -0.25) is 0 Å². The summed E-state index contributed by atoms with van der Waals surface area (Å²) in [5.41, 5.74) is 1.97. The van der Waals surface area contributed by atoms with E-state index in [-0.39, 0.29) is 17.6 Å². The van der Waals surface area contributed by atoms with E-state index in [0.29, 0.717) is 43.2 Å². The molecular weight excluding hydrogens is 389 g/mol. The molecule has 0 aromatic carbocycles. The van der Waals surface area contributed by atoms with Gasteiger partial charge in [-0.25, -0.2) is 14.6 Å². The van der Waals surface area contributed by atoms with Crippen LogP contribution in [0.3, 0.4) is 0 Å². The van der Waals surface area contributed by atoms with Crippen molar-refractivity contribution in [3.63, 3.8) is 0 Å². The highest BCUT2D eigenvalue weighted by Crippen LogP contribution is 2.32. The number of oxazole rings is 1. The third-order valence-electron chi connectivity index (χ3n) is 4.93. The molecule has 0 radical (unpaired) electrons. The second-order valence-electron chi connectivity index (χ2n) is 7.31. The highest BCUT2D eigenvalue weighted by molar-refractivity contribution is 5.70. The fourth-order valence-corrected chi connectivity index (χ4v) is 3.50. The zero-order valence-electron chi connectivity index (χ0n) is 16.0. The van der Waals surface area contributed by atoms with Gasteiger partial charge < -0.3 is 14.4 Å². The molecule has 1 atom stereocenters. The van der Waals surface area contributed by atoms with Crippen molar-refractivity contribution in [1.29, 1.82) is 0 Å². The Balaban J connectivity index is 1.51. The Morgan fingerprint density at radius 3 is 2.59 bits per heavy atom. The molecule has 0 spiro atoms. The molecular formula is C18H21F3N6O2. The minimum absolute atomic E-state index is 0.00655. The van der Waals surface area contributed by atoms with Crippen LogP contribution in [-0.2, 0) is 6.54 Å². The molecule has 11 heteroatoms. The zero-order chi connectivity index (χ0) is 20.8. The van der Waals surface area contributed by atoms with E-state index in [0.717, 1.165) is 10.4 Å². The van der Waals surface area contributed by atoms with Crippen molar-refractivity contribution in [2.45, 2.75) is 51.4 Å². The lowest BCUT2D eigenvalue weighted by Gasteiger charge is -2.30.